The molecular weight excluding hydrogens is 497 g/mol. The molecule has 3 aromatic rings. The summed E-state index contributed by atoms with van der Waals surface area (Å²) in [7, 11) is 3.05. The molecule has 1 aliphatic rings. The van der Waals surface area contributed by atoms with Crippen molar-refractivity contribution >= 4 is 18.5 Å². The zero-order valence-electron chi connectivity index (χ0n) is 20.8. The number of ether oxygens (including phenoxy) is 3. The van der Waals surface area contributed by atoms with Gasteiger partial charge in [0.25, 0.3) is 5.91 Å². The molecule has 7 nitrogen and oxygen atoms in total. The van der Waals surface area contributed by atoms with Gasteiger partial charge in [-0.1, -0.05) is 18.2 Å². The lowest BCUT2D eigenvalue weighted by Crippen LogP contribution is -2.30. The fourth-order valence-electron chi connectivity index (χ4n) is 4.68. The third-order valence-electron chi connectivity index (χ3n) is 6.40. The van der Waals surface area contributed by atoms with Crippen LogP contribution in [0.1, 0.15) is 46.4 Å². The van der Waals surface area contributed by atoms with Gasteiger partial charge in [-0.15, -0.1) is 12.6 Å². The number of amides is 1. The van der Waals surface area contributed by atoms with Crippen molar-refractivity contribution in [3.05, 3.63) is 80.8 Å². The Balaban J connectivity index is 1.91. The summed E-state index contributed by atoms with van der Waals surface area (Å²) in [5.74, 6) is -0.0585. The zero-order chi connectivity index (χ0) is 26.7. The molecule has 0 unspecified atom stereocenters. The van der Waals surface area contributed by atoms with Crippen molar-refractivity contribution in [1.82, 2.24) is 5.32 Å². The summed E-state index contributed by atoms with van der Waals surface area (Å²) in [5.41, 5.74) is 2.30. The lowest BCUT2D eigenvalue weighted by atomic mass is 9.95. The number of aliphatic hydroxyl groups is 1. The topological polar surface area (TPSA) is 94.1 Å². The average molecular weight is 526 g/mol. The molecule has 0 bridgehead atoms. The number of thiol groups is 1. The van der Waals surface area contributed by atoms with Crippen LogP contribution in [-0.2, 0) is 13.0 Å². The first-order valence-corrected chi connectivity index (χ1v) is 12.3. The van der Waals surface area contributed by atoms with E-state index in [1.807, 2.05) is 13.0 Å². The molecule has 0 saturated heterocycles. The number of fused-ring (bicyclic) bond motifs is 3. The Hall–Kier alpha value is -3.56. The highest BCUT2D eigenvalue weighted by Crippen LogP contribution is 2.50. The maximum atomic E-state index is 14.8. The van der Waals surface area contributed by atoms with Crippen molar-refractivity contribution in [1.29, 1.82) is 0 Å². The first-order chi connectivity index (χ1) is 17.8. The second kappa shape index (κ2) is 11.2. The Labute approximate surface area is 219 Å². The van der Waals surface area contributed by atoms with Crippen LogP contribution in [0.2, 0.25) is 0 Å². The van der Waals surface area contributed by atoms with Crippen molar-refractivity contribution in [3.63, 3.8) is 0 Å². The number of aliphatic hydroxyl groups excluding tert-OH is 1. The quantitative estimate of drug-likeness (QED) is 0.394. The van der Waals surface area contributed by atoms with Gasteiger partial charge in [0.2, 0.25) is 5.75 Å². The third-order valence-corrected chi connectivity index (χ3v) is 6.77. The molecule has 1 amide bonds. The number of hydrogen-bond donors (Lipinski definition) is 3. The third kappa shape index (κ3) is 5.01. The van der Waals surface area contributed by atoms with Gasteiger partial charge in [-0.25, -0.2) is 4.39 Å². The molecule has 1 atom stereocenters. The maximum Gasteiger partial charge on any atom is 0.254 e. The molecule has 0 saturated carbocycles. The summed E-state index contributed by atoms with van der Waals surface area (Å²) >= 11 is 4.31. The number of benzene rings is 2. The van der Waals surface area contributed by atoms with E-state index in [2.05, 4.69) is 17.9 Å². The van der Waals surface area contributed by atoms with E-state index in [1.54, 1.807) is 12.1 Å². The van der Waals surface area contributed by atoms with Crippen molar-refractivity contribution < 1.29 is 28.5 Å². The molecule has 37 heavy (non-hydrogen) atoms. The normalized spacial score (nSPS) is 14.2. The van der Waals surface area contributed by atoms with Crippen molar-refractivity contribution in [2.24, 2.45) is 0 Å². The zero-order valence-corrected chi connectivity index (χ0v) is 21.7. The molecule has 1 aliphatic carbocycles. The number of carbonyl (C=O) groups is 1. The van der Waals surface area contributed by atoms with Gasteiger partial charge in [0.05, 0.1) is 43.9 Å². The highest BCUT2D eigenvalue weighted by atomic mass is 32.1. The summed E-state index contributed by atoms with van der Waals surface area (Å²) in [5, 5.41) is 12.3. The van der Waals surface area contributed by atoms with Gasteiger partial charge in [0.15, 0.2) is 16.9 Å². The number of hydrogen-bond acceptors (Lipinski definition) is 7. The second-order valence-corrected chi connectivity index (χ2v) is 8.99. The van der Waals surface area contributed by atoms with Crippen LogP contribution in [0.3, 0.4) is 0 Å². The van der Waals surface area contributed by atoms with Crippen LogP contribution in [0.5, 0.6) is 17.2 Å². The largest absolute Gasteiger partial charge is 0.492 e. The minimum atomic E-state index is -0.784. The fourth-order valence-corrected chi connectivity index (χ4v) is 4.82. The van der Waals surface area contributed by atoms with E-state index < -0.39 is 24.4 Å². The molecule has 0 fully saturated rings. The van der Waals surface area contributed by atoms with Crippen molar-refractivity contribution in [3.8, 4) is 28.4 Å². The lowest BCUT2D eigenvalue weighted by Gasteiger charge is -2.20. The Morgan fingerprint density at radius 1 is 1.16 bits per heavy atom. The molecular formula is C28H28FNO6S. The number of rotatable bonds is 7. The van der Waals surface area contributed by atoms with E-state index in [0.29, 0.717) is 53.4 Å². The second-order valence-electron chi connectivity index (χ2n) is 8.51. The SMILES string of the molecule is CCOc1cc2c(c(OC)c1OC)-c1ccc(S)c(=O)cc1[C@@H](NC(=O)c1cccc(CO)c1F)CC2. The van der Waals surface area contributed by atoms with Gasteiger partial charge in [-0.05, 0) is 60.7 Å². The molecule has 0 aliphatic heterocycles. The predicted octanol–water partition coefficient (Wildman–Crippen LogP) is 4.47. The van der Waals surface area contributed by atoms with E-state index in [9.17, 15) is 19.1 Å². The molecule has 3 aromatic carbocycles. The van der Waals surface area contributed by atoms with Gasteiger partial charge >= 0.3 is 0 Å². The first kappa shape index (κ1) is 26.5. The molecule has 194 valence electrons. The minimum absolute atomic E-state index is 0.0227. The first-order valence-electron chi connectivity index (χ1n) is 11.8. The molecule has 9 heteroatoms. The highest BCUT2D eigenvalue weighted by molar-refractivity contribution is 7.80. The Morgan fingerprint density at radius 3 is 2.59 bits per heavy atom. The van der Waals surface area contributed by atoms with Crippen LogP contribution >= 0.6 is 12.6 Å². The highest BCUT2D eigenvalue weighted by Gasteiger charge is 2.30. The Kier molecular flexibility index (Phi) is 8.04. The monoisotopic (exact) mass is 525 g/mol. The van der Waals surface area contributed by atoms with E-state index >= 15 is 0 Å². The molecule has 4 rings (SSSR count). The average Bonchev–Trinajstić information content (AvgIpc) is 3.12. The fraction of sp³-hybridized carbons (Fsp3) is 0.286. The van der Waals surface area contributed by atoms with Crippen LogP contribution in [0.4, 0.5) is 4.39 Å². The van der Waals surface area contributed by atoms with E-state index in [0.717, 1.165) is 5.56 Å². The van der Waals surface area contributed by atoms with Crippen molar-refractivity contribution in [2.45, 2.75) is 37.3 Å². The summed E-state index contributed by atoms with van der Waals surface area (Å²) in [6.45, 7) is 1.76. The minimum Gasteiger partial charge on any atom is -0.492 e. The molecule has 0 heterocycles. The molecule has 2 N–H and O–H groups in total. The standard InChI is InChI=1S/C28H28FNO6S/c1-4-36-22-12-15-8-10-20(30-28(33)18-7-5-6-16(14-31)25(18)29)19-13-21(32)23(37)11-9-17(19)24(15)27(35-3)26(22)34-2/h5-7,9,11-13,20,31H,4,8,10,14H2,1-3H3,(H,30,33)(H,32,37)/t20-/m0/s1. The summed E-state index contributed by atoms with van der Waals surface area (Å²) < 4.78 is 32.1. The molecule has 0 radical (unpaired) electrons. The van der Waals surface area contributed by atoms with Gasteiger partial charge in [0, 0.05) is 11.1 Å². The Morgan fingerprint density at radius 2 is 1.92 bits per heavy atom. The number of aryl methyl sites for hydroxylation is 1. The van der Waals surface area contributed by atoms with Crippen molar-refractivity contribution in [2.75, 3.05) is 20.8 Å². The summed E-state index contributed by atoms with van der Waals surface area (Å²) in [4.78, 5) is 26.3. The van der Waals surface area contributed by atoms with E-state index in [-0.39, 0.29) is 21.5 Å². The summed E-state index contributed by atoms with van der Waals surface area (Å²) in [6.07, 6.45) is 0.916. The number of methoxy groups -OCH3 is 2. The van der Waals surface area contributed by atoms with Crippen LogP contribution in [0.15, 0.2) is 52.2 Å². The van der Waals surface area contributed by atoms with Gasteiger partial charge in [-0.2, -0.15) is 0 Å². The molecule has 0 aromatic heterocycles. The van der Waals surface area contributed by atoms with Crippen LogP contribution in [0.25, 0.3) is 11.1 Å². The maximum absolute atomic E-state index is 14.8. The van der Waals surface area contributed by atoms with Crippen LogP contribution in [0, 0.1) is 5.82 Å². The molecule has 0 spiro atoms. The lowest BCUT2D eigenvalue weighted by molar-refractivity contribution is 0.0930. The van der Waals surface area contributed by atoms with Gasteiger partial charge in [-0.3, -0.25) is 9.59 Å². The van der Waals surface area contributed by atoms with Crippen LogP contribution in [-0.4, -0.2) is 31.8 Å². The summed E-state index contributed by atoms with van der Waals surface area (Å²) in [6, 6.07) is 10.3. The van der Waals surface area contributed by atoms with E-state index in [1.165, 1.54) is 38.5 Å². The number of halogens is 1. The Bertz CT molecular complexity index is 1410. The smallest absolute Gasteiger partial charge is 0.254 e. The van der Waals surface area contributed by atoms with E-state index in [4.69, 9.17) is 14.2 Å². The predicted molar refractivity (Wildman–Crippen MR) is 141 cm³/mol. The van der Waals surface area contributed by atoms with Gasteiger partial charge in [0.1, 0.15) is 5.82 Å². The van der Waals surface area contributed by atoms with Crippen LogP contribution < -0.4 is 25.0 Å². The number of nitrogens with one attached hydrogen (secondary N) is 1. The van der Waals surface area contributed by atoms with Gasteiger partial charge < -0.3 is 24.6 Å². The number of carbonyl (C=O) groups excluding carboxylic acids is 1.